The Balaban J connectivity index is 1.44. The lowest BCUT2D eigenvalue weighted by Gasteiger charge is -2.26. The molecule has 9 heteroatoms. The second kappa shape index (κ2) is 13.8. The predicted molar refractivity (Wildman–Crippen MR) is 165 cm³/mol. The van der Waals surface area contributed by atoms with E-state index < -0.39 is 18.4 Å². The number of hydrogen-bond donors (Lipinski definition) is 1. The number of aromatic nitrogens is 2. The Morgan fingerprint density at radius 2 is 1.55 bits per heavy atom. The first-order valence-corrected chi connectivity index (χ1v) is 14.8. The molecule has 1 aromatic heterocycles. The normalized spacial score (nSPS) is 14.6. The molecular weight excluding hydrogens is 571 g/mol. The van der Waals surface area contributed by atoms with Crippen LogP contribution >= 0.6 is 23.2 Å². The summed E-state index contributed by atoms with van der Waals surface area (Å²) >= 11 is 12.1. The van der Waals surface area contributed by atoms with Gasteiger partial charge in [0, 0.05) is 35.4 Å². The zero-order chi connectivity index (χ0) is 29.5. The largest absolute Gasteiger partial charge is 0.480 e. The van der Waals surface area contributed by atoms with Crippen LogP contribution in [0.5, 0.6) is 0 Å². The summed E-state index contributed by atoms with van der Waals surface area (Å²) in [6.07, 6.45) is 5.64. The quantitative estimate of drug-likeness (QED) is 0.211. The Labute approximate surface area is 255 Å². The van der Waals surface area contributed by atoms with Crippen LogP contribution in [0.25, 0.3) is 0 Å². The highest BCUT2D eigenvalue weighted by Gasteiger charge is 2.29. The summed E-state index contributed by atoms with van der Waals surface area (Å²) in [6, 6.07) is 25.2. The van der Waals surface area contributed by atoms with E-state index in [0.29, 0.717) is 40.1 Å². The minimum atomic E-state index is -1.09. The van der Waals surface area contributed by atoms with Crippen LogP contribution in [0.4, 0.5) is 5.95 Å². The van der Waals surface area contributed by atoms with Gasteiger partial charge in [-0.25, -0.2) is 9.97 Å². The minimum Gasteiger partial charge on any atom is -0.480 e. The zero-order valence-corrected chi connectivity index (χ0v) is 24.6. The molecule has 216 valence electrons. The van der Waals surface area contributed by atoms with Crippen LogP contribution < -0.4 is 4.90 Å². The summed E-state index contributed by atoms with van der Waals surface area (Å²) in [4.78, 5) is 38.8. The summed E-state index contributed by atoms with van der Waals surface area (Å²) < 4.78 is 0. The number of amides is 1. The molecule has 0 spiro atoms. The Hall–Kier alpha value is -3.94. The average molecular weight is 604 g/mol. The van der Waals surface area contributed by atoms with Crippen LogP contribution in [-0.2, 0) is 30.6 Å². The SMILES string of the molecule is O=C(O)CN(Cc1ccc(Cl)cc1)C(=O)c1cnc(N2CCCC2Cc2ccc(Cl)cc2)nc1CCc1ccccc1. The Morgan fingerprint density at radius 3 is 2.21 bits per heavy atom. The fourth-order valence-corrected chi connectivity index (χ4v) is 5.62. The average Bonchev–Trinajstić information content (AvgIpc) is 3.46. The van der Waals surface area contributed by atoms with Gasteiger partial charge in [0.2, 0.25) is 5.95 Å². The molecule has 0 aliphatic carbocycles. The number of hydrogen-bond acceptors (Lipinski definition) is 5. The molecule has 0 radical (unpaired) electrons. The summed E-state index contributed by atoms with van der Waals surface area (Å²) in [7, 11) is 0. The van der Waals surface area contributed by atoms with Crippen LogP contribution in [0.15, 0.2) is 85.1 Å². The molecule has 3 aromatic carbocycles. The smallest absolute Gasteiger partial charge is 0.323 e. The third-order valence-corrected chi connectivity index (χ3v) is 8.00. The van der Waals surface area contributed by atoms with Crippen LogP contribution in [-0.4, -0.2) is 51.0 Å². The van der Waals surface area contributed by atoms with Gasteiger partial charge in [0.05, 0.1) is 11.3 Å². The van der Waals surface area contributed by atoms with E-state index in [1.807, 2.05) is 54.6 Å². The van der Waals surface area contributed by atoms with Crippen molar-refractivity contribution < 1.29 is 14.7 Å². The molecule has 7 nitrogen and oxygen atoms in total. The molecule has 4 aromatic rings. The van der Waals surface area contributed by atoms with Crippen molar-refractivity contribution in [1.29, 1.82) is 0 Å². The van der Waals surface area contributed by atoms with Gasteiger partial charge in [0.1, 0.15) is 6.54 Å². The molecule has 1 unspecified atom stereocenters. The summed E-state index contributed by atoms with van der Waals surface area (Å²) in [5, 5.41) is 10.9. The molecule has 0 bridgehead atoms. The number of carboxylic acid groups (broad SMARTS) is 1. The number of carboxylic acids is 1. The monoisotopic (exact) mass is 602 g/mol. The topological polar surface area (TPSA) is 86.6 Å². The molecule has 2 heterocycles. The van der Waals surface area contributed by atoms with Crippen molar-refractivity contribution in [3.63, 3.8) is 0 Å². The van der Waals surface area contributed by atoms with Crippen LogP contribution in [0.2, 0.25) is 10.0 Å². The van der Waals surface area contributed by atoms with E-state index in [2.05, 4.69) is 9.88 Å². The molecule has 1 atom stereocenters. The maximum atomic E-state index is 13.9. The van der Waals surface area contributed by atoms with E-state index in [9.17, 15) is 14.7 Å². The van der Waals surface area contributed by atoms with Crippen molar-refractivity contribution in [2.75, 3.05) is 18.0 Å². The van der Waals surface area contributed by atoms with Gasteiger partial charge >= 0.3 is 5.97 Å². The molecule has 1 N–H and O–H groups in total. The van der Waals surface area contributed by atoms with E-state index in [1.54, 1.807) is 30.5 Å². The first-order chi connectivity index (χ1) is 20.4. The first-order valence-electron chi connectivity index (χ1n) is 14.0. The molecule has 1 saturated heterocycles. The number of carbonyl (C=O) groups is 2. The van der Waals surface area contributed by atoms with Gasteiger partial charge in [0.15, 0.2) is 0 Å². The predicted octanol–water partition coefficient (Wildman–Crippen LogP) is 6.51. The van der Waals surface area contributed by atoms with Gasteiger partial charge in [0.25, 0.3) is 5.91 Å². The van der Waals surface area contributed by atoms with Crippen molar-refractivity contribution >= 4 is 41.0 Å². The maximum Gasteiger partial charge on any atom is 0.323 e. The minimum absolute atomic E-state index is 0.122. The molecular formula is C33H32Cl2N4O3. The zero-order valence-electron chi connectivity index (χ0n) is 23.1. The van der Waals surface area contributed by atoms with E-state index in [-0.39, 0.29) is 12.6 Å². The molecule has 5 rings (SSSR count). The Bertz CT molecular complexity index is 1520. The molecule has 0 saturated carbocycles. The Morgan fingerprint density at radius 1 is 0.881 bits per heavy atom. The standard InChI is InChI=1S/C33H32Cl2N4O3/c34-26-13-8-24(9-14-26)19-28-7-4-18-39(28)33-36-20-29(30(37-33)17-12-23-5-2-1-3-6-23)32(42)38(22-31(40)41)21-25-10-15-27(35)16-11-25/h1-3,5-6,8-11,13-16,20,28H,4,7,12,17-19,21-22H2,(H,40,41). The highest BCUT2D eigenvalue weighted by Crippen LogP contribution is 2.27. The number of rotatable bonds is 11. The van der Waals surface area contributed by atoms with E-state index in [1.165, 1.54) is 10.5 Å². The third kappa shape index (κ3) is 7.66. The van der Waals surface area contributed by atoms with Gasteiger partial charge < -0.3 is 14.9 Å². The first kappa shape index (κ1) is 29.5. The van der Waals surface area contributed by atoms with Crippen molar-refractivity contribution in [3.05, 3.63) is 123 Å². The number of carbonyl (C=O) groups excluding carboxylic acids is 1. The molecule has 1 aliphatic rings. The highest BCUT2D eigenvalue weighted by molar-refractivity contribution is 6.30. The highest BCUT2D eigenvalue weighted by atomic mass is 35.5. The van der Waals surface area contributed by atoms with Crippen molar-refractivity contribution in [1.82, 2.24) is 14.9 Å². The molecule has 1 aliphatic heterocycles. The van der Waals surface area contributed by atoms with Gasteiger partial charge in [-0.1, -0.05) is 77.8 Å². The van der Waals surface area contributed by atoms with Crippen molar-refractivity contribution in [2.24, 2.45) is 0 Å². The van der Waals surface area contributed by atoms with Gasteiger partial charge in [-0.2, -0.15) is 0 Å². The van der Waals surface area contributed by atoms with Crippen LogP contribution in [0.1, 0.15) is 45.6 Å². The number of aryl methyl sites for hydroxylation is 2. The summed E-state index contributed by atoms with van der Waals surface area (Å²) in [5.74, 6) is -0.919. The lowest BCUT2D eigenvalue weighted by Crippen LogP contribution is -2.37. The Kier molecular flexibility index (Phi) is 9.72. The lowest BCUT2D eigenvalue weighted by molar-refractivity contribution is -0.137. The van der Waals surface area contributed by atoms with E-state index in [4.69, 9.17) is 28.2 Å². The second-order valence-corrected chi connectivity index (χ2v) is 11.4. The van der Waals surface area contributed by atoms with Crippen molar-refractivity contribution in [2.45, 2.75) is 44.7 Å². The fraction of sp³-hybridized carbons (Fsp3) is 0.273. The van der Waals surface area contributed by atoms with E-state index in [0.717, 1.165) is 36.9 Å². The number of halogens is 2. The fourth-order valence-electron chi connectivity index (χ4n) is 5.37. The van der Waals surface area contributed by atoms with E-state index >= 15 is 0 Å². The van der Waals surface area contributed by atoms with Crippen LogP contribution in [0.3, 0.4) is 0 Å². The van der Waals surface area contributed by atoms with Gasteiger partial charge in [-0.3, -0.25) is 9.59 Å². The third-order valence-electron chi connectivity index (χ3n) is 7.50. The lowest BCUT2D eigenvalue weighted by atomic mass is 10.0. The summed E-state index contributed by atoms with van der Waals surface area (Å²) in [6.45, 7) is 0.499. The number of aliphatic carboxylic acids is 1. The molecule has 42 heavy (non-hydrogen) atoms. The molecule has 1 amide bonds. The second-order valence-electron chi connectivity index (χ2n) is 10.5. The van der Waals surface area contributed by atoms with Crippen molar-refractivity contribution in [3.8, 4) is 0 Å². The number of anilines is 1. The van der Waals surface area contributed by atoms with Gasteiger partial charge in [-0.05, 0) is 73.1 Å². The molecule has 1 fully saturated rings. The number of nitrogens with zero attached hydrogens (tertiary/aromatic N) is 4. The number of benzene rings is 3. The maximum absolute atomic E-state index is 13.9. The van der Waals surface area contributed by atoms with Crippen LogP contribution in [0, 0.1) is 0 Å². The van der Waals surface area contributed by atoms with Gasteiger partial charge in [-0.15, -0.1) is 0 Å². The summed E-state index contributed by atoms with van der Waals surface area (Å²) in [5.41, 5.74) is 4.02.